The Kier molecular flexibility index (Phi) is 15.2. The maximum Gasteiger partial charge on any atom is 0.407 e. The van der Waals surface area contributed by atoms with Crippen LogP contribution in [-0.2, 0) is 4.74 Å². The van der Waals surface area contributed by atoms with Crippen molar-refractivity contribution in [1.29, 1.82) is 0 Å². The van der Waals surface area contributed by atoms with Gasteiger partial charge in [-0.3, -0.25) is 0 Å². The van der Waals surface area contributed by atoms with E-state index >= 15 is 0 Å². The van der Waals surface area contributed by atoms with Crippen LogP contribution < -0.4 is 5.32 Å². The number of hydrogen-bond acceptors (Lipinski definition) is 2. The third kappa shape index (κ3) is 16.4. The van der Waals surface area contributed by atoms with E-state index in [1.54, 1.807) is 0 Å². The maximum atomic E-state index is 11.6. The van der Waals surface area contributed by atoms with Crippen molar-refractivity contribution < 1.29 is 9.53 Å². The third-order valence-corrected chi connectivity index (χ3v) is 4.78. The minimum absolute atomic E-state index is 0.154. The van der Waals surface area contributed by atoms with Crippen LogP contribution in [0.5, 0.6) is 0 Å². The van der Waals surface area contributed by atoms with Gasteiger partial charge in [0.25, 0.3) is 0 Å². The number of nitrogens with one attached hydrogen (secondary N) is 1. The zero-order valence-corrected chi connectivity index (χ0v) is 19.4. The lowest BCUT2D eigenvalue weighted by Crippen LogP contribution is -2.32. The fourth-order valence-corrected chi connectivity index (χ4v) is 2.59. The molecular weight excluding hydrogens is 346 g/mol. The first-order chi connectivity index (χ1) is 13.2. The summed E-state index contributed by atoms with van der Waals surface area (Å²) in [5.41, 5.74) is 5.60. The molecule has 3 nitrogen and oxygen atoms in total. The van der Waals surface area contributed by atoms with E-state index in [1.807, 2.05) is 19.9 Å². The van der Waals surface area contributed by atoms with Gasteiger partial charge in [0.05, 0.1) is 0 Å². The molecule has 28 heavy (non-hydrogen) atoms. The number of carbonyl (C=O) groups excluding carboxylic acids is 1. The summed E-state index contributed by atoms with van der Waals surface area (Å²) < 4.78 is 5.18. The molecule has 0 radical (unpaired) electrons. The predicted octanol–water partition coefficient (Wildman–Crippen LogP) is 7.66. The standard InChI is InChI=1S/C25H43NO2/c1-8-24(7)26-25(27)28-19-18-23(6)17-11-16-22(5)15-10-14-21(4)13-9-12-20(2)3/h12,14,16,18,24H,8-11,13,15,17,19H2,1-7H3,(H,26,27)/b21-14+,22-16+,23-18+. The summed E-state index contributed by atoms with van der Waals surface area (Å²) in [7, 11) is 0. The second-order valence-corrected chi connectivity index (χ2v) is 8.10. The second kappa shape index (κ2) is 16.2. The number of ether oxygens (including phenoxy) is 1. The smallest absolute Gasteiger partial charge is 0.407 e. The zero-order valence-electron chi connectivity index (χ0n) is 19.4. The highest BCUT2D eigenvalue weighted by Crippen LogP contribution is 2.13. The predicted molar refractivity (Wildman–Crippen MR) is 123 cm³/mol. The Morgan fingerprint density at radius 3 is 1.75 bits per heavy atom. The number of carbonyl (C=O) groups is 1. The molecule has 0 aromatic rings. The van der Waals surface area contributed by atoms with Gasteiger partial charge in [-0.2, -0.15) is 0 Å². The molecule has 1 unspecified atom stereocenters. The summed E-state index contributed by atoms with van der Waals surface area (Å²) in [6.45, 7) is 15.2. The molecule has 0 heterocycles. The van der Waals surface area contributed by atoms with Gasteiger partial charge in [0, 0.05) is 6.04 Å². The summed E-state index contributed by atoms with van der Waals surface area (Å²) >= 11 is 0. The van der Waals surface area contributed by atoms with Crippen molar-refractivity contribution >= 4 is 6.09 Å². The molecule has 0 rings (SSSR count). The van der Waals surface area contributed by atoms with Gasteiger partial charge in [-0.05, 0) is 92.6 Å². The Balaban J connectivity index is 4.03. The van der Waals surface area contributed by atoms with Crippen molar-refractivity contribution in [3.05, 3.63) is 46.6 Å². The minimum Gasteiger partial charge on any atom is -0.445 e. The topological polar surface area (TPSA) is 38.3 Å². The first kappa shape index (κ1) is 26.2. The van der Waals surface area contributed by atoms with Crippen LogP contribution in [0.2, 0.25) is 0 Å². The van der Waals surface area contributed by atoms with E-state index in [4.69, 9.17) is 4.74 Å². The summed E-state index contributed by atoms with van der Waals surface area (Å²) in [4.78, 5) is 11.6. The van der Waals surface area contributed by atoms with Crippen LogP contribution >= 0.6 is 0 Å². The molecule has 0 aliphatic carbocycles. The van der Waals surface area contributed by atoms with Crippen LogP contribution in [0.25, 0.3) is 0 Å². The van der Waals surface area contributed by atoms with E-state index in [0.29, 0.717) is 6.61 Å². The van der Waals surface area contributed by atoms with Gasteiger partial charge in [-0.1, -0.05) is 47.4 Å². The van der Waals surface area contributed by atoms with Gasteiger partial charge < -0.3 is 10.1 Å². The summed E-state index contributed by atoms with van der Waals surface area (Å²) in [6, 6.07) is 0.154. The molecule has 0 saturated heterocycles. The molecule has 0 aromatic carbocycles. The highest BCUT2D eigenvalue weighted by molar-refractivity contribution is 5.67. The number of hydrogen-bond donors (Lipinski definition) is 1. The Hall–Kier alpha value is -1.77. The molecule has 3 heteroatoms. The lowest BCUT2D eigenvalue weighted by molar-refractivity contribution is 0.154. The fraction of sp³-hybridized carbons (Fsp3) is 0.640. The maximum absolute atomic E-state index is 11.6. The Morgan fingerprint density at radius 2 is 1.29 bits per heavy atom. The molecule has 1 atom stereocenters. The average Bonchev–Trinajstić information content (AvgIpc) is 2.61. The van der Waals surface area contributed by atoms with E-state index in [9.17, 15) is 4.79 Å². The quantitative estimate of drug-likeness (QED) is 0.328. The molecule has 0 aliphatic rings. The molecule has 0 aliphatic heterocycles. The van der Waals surface area contributed by atoms with Gasteiger partial charge in [0.15, 0.2) is 0 Å². The number of allylic oxidation sites excluding steroid dienone is 7. The third-order valence-electron chi connectivity index (χ3n) is 4.78. The van der Waals surface area contributed by atoms with Crippen LogP contribution in [0.15, 0.2) is 46.6 Å². The first-order valence-electron chi connectivity index (χ1n) is 10.8. The molecule has 0 spiro atoms. The largest absolute Gasteiger partial charge is 0.445 e. The minimum atomic E-state index is -0.335. The van der Waals surface area contributed by atoms with Gasteiger partial charge in [0.2, 0.25) is 0 Å². The highest BCUT2D eigenvalue weighted by atomic mass is 16.5. The first-order valence-corrected chi connectivity index (χ1v) is 10.8. The molecule has 160 valence electrons. The van der Waals surface area contributed by atoms with Crippen LogP contribution in [0, 0.1) is 0 Å². The normalized spacial score (nSPS) is 13.9. The molecule has 0 fully saturated rings. The van der Waals surface area contributed by atoms with Gasteiger partial charge in [-0.15, -0.1) is 0 Å². The SMILES string of the molecule is CCC(C)NC(=O)OC/C=C(\C)CC/C=C(\C)CC/C=C(\C)CCC=C(C)C. The number of rotatable bonds is 13. The monoisotopic (exact) mass is 389 g/mol. The van der Waals surface area contributed by atoms with Gasteiger partial charge in [0.1, 0.15) is 6.61 Å². The fourth-order valence-electron chi connectivity index (χ4n) is 2.59. The van der Waals surface area contributed by atoms with Crippen LogP contribution in [0.3, 0.4) is 0 Å². The number of amides is 1. The zero-order chi connectivity index (χ0) is 21.4. The van der Waals surface area contributed by atoms with E-state index in [0.717, 1.165) is 44.9 Å². The van der Waals surface area contributed by atoms with Crippen LogP contribution in [0.4, 0.5) is 4.79 Å². The van der Waals surface area contributed by atoms with Gasteiger partial charge in [-0.25, -0.2) is 4.79 Å². The van der Waals surface area contributed by atoms with Crippen LogP contribution in [-0.4, -0.2) is 18.7 Å². The van der Waals surface area contributed by atoms with E-state index in [-0.39, 0.29) is 12.1 Å². The van der Waals surface area contributed by atoms with Crippen molar-refractivity contribution in [2.24, 2.45) is 0 Å². The van der Waals surface area contributed by atoms with Crippen molar-refractivity contribution in [2.45, 2.75) is 99.5 Å². The van der Waals surface area contributed by atoms with Crippen molar-refractivity contribution in [3.8, 4) is 0 Å². The lowest BCUT2D eigenvalue weighted by atomic mass is 10.0. The van der Waals surface area contributed by atoms with Crippen LogP contribution in [0.1, 0.15) is 93.4 Å². The van der Waals surface area contributed by atoms with Crippen molar-refractivity contribution in [1.82, 2.24) is 5.32 Å². The van der Waals surface area contributed by atoms with Gasteiger partial charge >= 0.3 is 6.09 Å². The van der Waals surface area contributed by atoms with E-state index in [2.05, 4.69) is 58.2 Å². The lowest BCUT2D eigenvalue weighted by Gasteiger charge is -2.10. The number of alkyl carbamates (subject to hydrolysis) is 1. The molecular formula is C25H43NO2. The second-order valence-electron chi connectivity index (χ2n) is 8.10. The molecule has 0 aromatic heterocycles. The Bertz CT molecular complexity index is 563. The Morgan fingerprint density at radius 1 is 0.821 bits per heavy atom. The molecule has 0 saturated carbocycles. The Labute approximate surface area is 174 Å². The van der Waals surface area contributed by atoms with E-state index in [1.165, 1.54) is 22.3 Å². The van der Waals surface area contributed by atoms with Crippen molar-refractivity contribution in [3.63, 3.8) is 0 Å². The highest BCUT2D eigenvalue weighted by Gasteiger charge is 2.04. The molecule has 1 amide bonds. The summed E-state index contributed by atoms with van der Waals surface area (Å²) in [5.74, 6) is 0. The average molecular weight is 390 g/mol. The van der Waals surface area contributed by atoms with Crippen molar-refractivity contribution in [2.75, 3.05) is 6.61 Å². The molecule has 1 N–H and O–H groups in total. The molecule has 0 bridgehead atoms. The summed E-state index contributed by atoms with van der Waals surface area (Å²) in [5, 5.41) is 2.80. The van der Waals surface area contributed by atoms with E-state index < -0.39 is 0 Å². The summed E-state index contributed by atoms with van der Waals surface area (Å²) in [6.07, 6.45) is 16.2.